The second-order valence-electron chi connectivity index (χ2n) is 4.33. The topological polar surface area (TPSA) is 60.9 Å². The van der Waals surface area contributed by atoms with Crippen molar-refractivity contribution in [1.29, 1.82) is 0 Å². The first-order valence-corrected chi connectivity index (χ1v) is 5.72. The molecule has 1 aromatic carbocycles. The molecule has 1 atom stereocenters. The maximum absolute atomic E-state index is 13.7. The van der Waals surface area contributed by atoms with Gasteiger partial charge >= 0.3 is 0 Å². The Morgan fingerprint density at radius 3 is 2.58 bits per heavy atom. The van der Waals surface area contributed by atoms with E-state index in [1.165, 1.54) is 16.8 Å². The molecule has 0 aliphatic carbocycles. The van der Waals surface area contributed by atoms with Crippen LogP contribution in [0.1, 0.15) is 24.4 Å². The van der Waals surface area contributed by atoms with Crippen molar-refractivity contribution in [3.8, 4) is 5.69 Å². The number of benzene rings is 1. The molecule has 0 amide bonds. The lowest BCUT2D eigenvalue weighted by atomic mass is 10.2. The fourth-order valence-electron chi connectivity index (χ4n) is 1.77. The molecule has 0 saturated heterocycles. The highest BCUT2D eigenvalue weighted by Gasteiger charge is 2.13. The lowest BCUT2D eigenvalue weighted by Crippen LogP contribution is -2.24. The minimum absolute atomic E-state index is 0.0702. The highest BCUT2D eigenvalue weighted by Crippen LogP contribution is 2.15. The third kappa shape index (κ3) is 2.53. The zero-order valence-corrected chi connectivity index (χ0v) is 10.5. The molecule has 0 saturated carbocycles. The number of hydrogen-bond donors (Lipinski definition) is 1. The third-order valence-electron chi connectivity index (χ3n) is 2.70. The number of halogens is 2. The molecular weight excluding hydrogens is 252 g/mol. The Labute approximate surface area is 108 Å². The number of aromatic nitrogens is 2. The molecule has 4 nitrogen and oxygen atoms in total. The van der Waals surface area contributed by atoms with Crippen molar-refractivity contribution < 1.29 is 8.78 Å². The van der Waals surface area contributed by atoms with Crippen LogP contribution in [-0.4, -0.2) is 9.78 Å². The summed E-state index contributed by atoms with van der Waals surface area (Å²) in [5.74, 6) is -1.43. The third-order valence-corrected chi connectivity index (χ3v) is 2.70. The van der Waals surface area contributed by atoms with Gasteiger partial charge in [-0.3, -0.25) is 4.79 Å². The summed E-state index contributed by atoms with van der Waals surface area (Å²) in [4.78, 5) is 11.7. The van der Waals surface area contributed by atoms with Gasteiger partial charge in [0, 0.05) is 23.9 Å². The summed E-state index contributed by atoms with van der Waals surface area (Å²) in [7, 11) is 0. The second-order valence-corrected chi connectivity index (χ2v) is 4.33. The normalized spacial score (nSPS) is 12.5. The van der Waals surface area contributed by atoms with Crippen LogP contribution in [0.5, 0.6) is 0 Å². The molecule has 1 unspecified atom stereocenters. The molecular formula is C13H13F2N3O. The maximum Gasteiger partial charge on any atom is 0.205 e. The summed E-state index contributed by atoms with van der Waals surface area (Å²) in [6, 6.07) is 3.92. The SMILES string of the molecule is Cc1cc(=O)c(C(C)N)nn1-c1ccc(F)cc1F. The van der Waals surface area contributed by atoms with Gasteiger partial charge in [0.2, 0.25) is 5.43 Å². The van der Waals surface area contributed by atoms with E-state index in [1.807, 2.05) is 0 Å². The van der Waals surface area contributed by atoms with Crippen molar-refractivity contribution in [2.45, 2.75) is 19.9 Å². The van der Waals surface area contributed by atoms with Crippen LogP contribution in [0.15, 0.2) is 29.1 Å². The molecule has 1 heterocycles. The number of nitrogens with two attached hydrogens (primary N) is 1. The Balaban J connectivity index is 2.68. The van der Waals surface area contributed by atoms with Crippen LogP contribution in [0.2, 0.25) is 0 Å². The zero-order chi connectivity index (χ0) is 14.2. The standard InChI is InChI=1S/C13H13F2N3O/c1-7-5-12(19)13(8(2)16)17-18(7)11-4-3-9(14)6-10(11)15/h3-6,8H,16H2,1-2H3. The highest BCUT2D eigenvalue weighted by atomic mass is 19.1. The largest absolute Gasteiger partial charge is 0.323 e. The van der Waals surface area contributed by atoms with E-state index in [0.717, 1.165) is 12.1 Å². The number of aryl methyl sites for hydroxylation is 1. The van der Waals surface area contributed by atoms with Crippen LogP contribution in [-0.2, 0) is 0 Å². The molecule has 0 aliphatic rings. The molecule has 2 aromatic rings. The molecule has 100 valence electrons. The highest BCUT2D eigenvalue weighted by molar-refractivity contribution is 5.34. The lowest BCUT2D eigenvalue weighted by molar-refractivity contribution is 0.567. The van der Waals surface area contributed by atoms with E-state index < -0.39 is 17.7 Å². The van der Waals surface area contributed by atoms with Crippen molar-refractivity contribution in [2.24, 2.45) is 5.73 Å². The average Bonchev–Trinajstić information content (AvgIpc) is 2.30. The Kier molecular flexibility index (Phi) is 3.44. The summed E-state index contributed by atoms with van der Waals surface area (Å²) < 4.78 is 27.9. The van der Waals surface area contributed by atoms with Crippen molar-refractivity contribution in [3.63, 3.8) is 0 Å². The quantitative estimate of drug-likeness (QED) is 0.901. The van der Waals surface area contributed by atoms with Crippen LogP contribution < -0.4 is 11.2 Å². The Morgan fingerprint density at radius 1 is 1.32 bits per heavy atom. The predicted octanol–water partition coefficient (Wildman–Crippen LogP) is 1.84. The van der Waals surface area contributed by atoms with Crippen molar-refractivity contribution in [2.75, 3.05) is 0 Å². The number of rotatable bonds is 2. The van der Waals surface area contributed by atoms with Crippen LogP contribution in [0.4, 0.5) is 8.78 Å². The van der Waals surface area contributed by atoms with Crippen LogP contribution in [0.25, 0.3) is 5.69 Å². The van der Waals surface area contributed by atoms with Gasteiger partial charge in [0.05, 0.1) is 0 Å². The monoisotopic (exact) mass is 265 g/mol. The molecule has 0 bridgehead atoms. The van der Waals surface area contributed by atoms with Gasteiger partial charge in [-0.1, -0.05) is 0 Å². The predicted molar refractivity (Wildman–Crippen MR) is 67.1 cm³/mol. The van der Waals surface area contributed by atoms with Gasteiger partial charge in [-0.2, -0.15) is 5.10 Å². The van der Waals surface area contributed by atoms with E-state index in [-0.39, 0.29) is 16.8 Å². The smallest absolute Gasteiger partial charge is 0.205 e. The van der Waals surface area contributed by atoms with Crippen LogP contribution in [0.3, 0.4) is 0 Å². The van der Waals surface area contributed by atoms with Gasteiger partial charge in [0.1, 0.15) is 17.2 Å². The van der Waals surface area contributed by atoms with Gasteiger partial charge in [0.25, 0.3) is 0 Å². The van der Waals surface area contributed by atoms with E-state index in [4.69, 9.17) is 5.73 Å². The van der Waals surface area contributed by atoms with E-state index in [0.29, 0.717) is 5.69 Å². The molecule has 0 spiro atoms. The summed E-state index contributed by atoms with van der Waals surface area (Å²) in [5.41, 5.74) is 5.99. The Hall–Kier alpha value is -2.08. The zero-order valence-electron chi connectivity index (χ0n) is 10.5. The summed E-state index contributed by atoms with van der Waals surface area (Å²) >= 11 is 0. The fraction of sp³-hybridized carbons (Fsp3) is 0.231. The molecule has 0 aliphatic heterocycles. The average molecular weight is 265 g/mol. The van der Waals surface area contributed by atoms with E-state index >= 15 is 0 Å². The summed E-state index contributed by atoms with van der Waals surface area (Å²) in [6.07, 6.45) is 0. The molecule has 2 rings (SSSR count). The minimum atomic E-state index is -0.755. The first kappa shape index (κ1) is 13.4. The van der Waals surface area contributed by atoms with Crippen molar-refractivity contribution in [3.05, 3.63) is 57.5 Å². The summed E-state index contributed by atoms with van der Waals surface area (Å²) in [5, 5.41) is 4.05. The van der Waals surface area contributed by atoms with Gasteiger partial charge in [-0.25, -0.2) is 13.5 Å². The fourth-order valence-corrected chi connectivity index (χ4v) is 1.77. The minimum Gasteiger partial charge on any atom is -0.323 e. The lowest BCUT2D eigenvalue weighted by Gasteiger charge is -2.13. The van der Waals surface area contributed by atoms with Crippen molar-refractivity contribution >= 4 is 0 Å². The molecule has 0 fully saturated rings. The Morgan fingerprint density at radius 2 is 2.00 bits per heavy atom. The van der Waals surface area contributed by atoms with Gasteiger partial charge in [-0.05, 0) is 26.0 Å². The Bertz CT molecular complexity index is 680. The van der Waals surface area contributed by atoms with E-state index in [9.17, 15) is 13.6 Å². The molecule has 2 N–H and O–H groups in total. The number of hydrogen-bond acceptors (Lipinski definition) is 3. The summed E-state index contributed by atoms with van der Waals surface area (Å²) in [6.45, 7) is 3.23. The van der Waals surface area contributed by atoms with Crippen molar-refractivity contribution in [1.82, 2.24) is 9.78 Å². The van der Waals surface area contributed by atoms with Gasteiger partial charge in [0.15, 0.2) is 5.82 Å². The van der Waals surface area contributed by atoms with Crippen LogP contribution in [0, 0.1) is 18.6 Å². The van der Waals surface area contributed by atoms with Gasteiger partial charge in [-0.15, -0.1) is 0 Å². The van der Waals surface area contributed by atoms with Crippen LogP contribution >= 0.6 is 0 Å². The molecule has 0 radical (unpaired) electrons. The first-order chi connectivity index (χ1) is 8.90. The number of nitrogens with zero attached hydrogens (tertiary/aromatic N) is 2. The second kappa shape index (κ2) is 4.89. The van der Waals surface area contributed by atoms with Gasteiger partial charge < -0.3 is 5.73 Å². The molecule has 6 heteroatoms. The van der Waals surface area contributed by atoms with E-state index in [1.54, 1.807) is 13.8 Å². The molecule has 19 heavy (non-hydrogen) atoms. The van der Waals surface area contributed by atoms with E-state index in [2.05, 4.69) is 5.10 Å². The molecule has 1 aromatic heterocycles. The maximum atomic E-state index is 13.7. The first-order valence-electron chi connectivity index (χ1n) is 5.72.